The van der Waals surface area contributed by atoms with Crippen LogP contribution in [0.15, 0.2) is 28.7 Å². The first-order valence-electron chi connectivity index (χ1n) is 5.89. The lowest BCUT2D eigenvalue weighted by atomic mass is 10.2. The molecule has 2 rings (SSSR count). The molecule has 0 aliphatic rings. The van der Waals surface area contributed by atoms with E-state index in [4.69, 9.17) is 14.3 Å². The maximum atomic E-state index is 8.72. The summed E-state index contributed by atoms with van der Waals surface area (Å²) in [5.41, 5.74) is 1.20. The van der Waals surface area contributed by atoms with Crippen molar-refractivity contribution in [1.82, 2.24) is 10.2 Å². The first kappa shape index (κ1) is 12.6. The molecule has 0 amide bonds. The number of benzene rings is 1. The second-order valence-corrected chi connectivity index (χ2v) is 3.97. The van der Waals surface area contributed by atoms with Gasteiger partial charge in [0.2, 0.25) is 11.8 Å². The zero-order valence-corrected chi connectivity index (χ0v) is 10.3. The minimum absolute atomic E-state index is 0.0154. The minimum atomic E-state index is 0.0154. The quantitative estimate of drug-likeness (QED) is 0.839. The molecule has 0 radical (unpaired) electrons. The van der Waals surface area contributed by atoms with Crippen molar-refractivity contribution in [2.75, 3.05) is 13.2 Å². The van der Waals surface area contributed by atoms with Crippen LogP contribution in [0.5, 0.6) is 5.75 Å². The molecule has 1 aromatic carbocycles. The van der Waals surface area contributed by atoms with Gasteiger partial charge >= 0.3 is 0 Å². The van der Waals surface area contributed by atoms with Gasteiger partial charge in [-0.15, -0.1) is 10.2 Å². The second-order valence-electron chi connectivity index (χ2n) is 3.97. The van der Waals surface area contributed by atoms with Gasteiger partial charge in [0.05, 0.1) is 19.6 Å². The van der Waals surface area contributed by atoms with Gasteiger partial charge in [0.25, 0.3) is 0 Å². The van der Waals surface area contributed by atoms with Crippen molar-refractivity contribution in [3.05, 3.63) is 41.6 Å². The van der Waals surface area contributed by atoms with E-state index in [1.807, 2.05) is 31.2 Å². The van der Waals surface area contributed by atoms with Crippen LogP contribution in [-0.2, 0) is 12.8 Å². The van der Waals surface area contributed by atoms with E-state index in [2.05, 4.69) is 10.2 Å². The Balaban J connectivity index is 1.79. The summed E-state index contributed by atoms with van der Waals surface area (Å²) in [7, 11) is 0. The SMILES string of the molecule is Cc1ccc(OCCc2nnc(CCO)o2)cc1. The third-order valence-electron chi connectivity index (χ3n) is 2.44. The van der Waals surface area contributed by atoms with Crippen molar-refractivity contribution in [3.8, 4) is 5.75 Å². The molecule has 0 atom stereocenters. The first-order chi connectivity index (χ1) is 8.78. The Bertz CT molecular complexity index is 479. The monoisotopic (exact) mass is 248 g/mol. The number of aryl methyl sites for hydroxylation is 1. The molecule has 2 aromatic rings. The fraction of sp³-hybridized carbons (Fsp3) is 0.385. The number of aromatic nitrogens is 2. The van der Waals surface area contributed by atoms with E-state index in [-0.39, 0.29) is 6.61 Å². The summed E-state index contributed by atoms with van der Waals surface area (Å²) in [6.45, 7) is 2.54. The molecule has 96 valence electrons. The molecule has 0 saturated carbocycles. The molecule has 0 spiro atoms. The Morgan fingerprint density at radius 3 is 2.44 bits per heavy atom. The lowest BCUT2D eigenvalue weighted by Crippen LogP contribution is -2.01. The molecule has 0 unspecified atom stereocenters. The van der Waals surface area contributed by atoms with Gasteiger partial charge in [0.1, 0.15) is 5.75 Å². The third-order valence-corrected chi connectivity index (χ3v) is 2.44. The average Bonchev–Trinajstić information content (AvgIpc) is 2.80. The van der Waals surface area contributed by atoms with Crippen LogP contribution in [0.1, 0.15) is 17.3 Å². The topological polar surface area (TPSA) is 68.4 Å². The summed E-state index contributed by atoms with van der Waals surface area (Å²) in [5.74, 6) is 1.82. The van der Waals surface area contributed by atoms with Gasteiger partial charge in [0.15, 0.2) is 0 Å². The second kappa shape index (κ2) is 6.16. The summed E-state index contributed by atoms with van der Waals surface area (Å²) in [5, 5.41) is 16.4. The summed E-state index contributed by atoms with van der Waals surface area (Å²) < 4.78 is 10.9. The molecule has 1 heterocycles. The number of hydrogen-bond donors (Lipinski definition) is 1. The zero-order chi connectivity index (χ0) is 12.8. The van der Waals surface area contributed by atoms with Crippen LogP contribution in [0.4, 0.5) is 0 Å². The van der Waals surface area contributed by atoms with Crippen molar-refractivity contribution >= 4 is 0 Å². The molecule has 0 saturated heterocycles. The number of aliphatic hydroxyl groups excluding tert-OH is 1. The van der Waals surface area contributed by atoms with Crippen molar-refractivity contribution < 1.29 is 14.3 Å². The number of ether oxygens (including phenoxy) is 1. The summed E-state index contributed by atoms with van der Waals surface area (Å²) >= 11 is 0. The molecule has 0 aliphatic heterocycles. The summed E-state index contributed by atoms with van der Waals surface area (Å²) in [6, 6.07) is 7.86. The van der Waals surface area contributed by atoms with Gasteiger partial charge in [-0.1, -0.05) is 17.7 Å². The van der Waals surface area contributed by atoms with Crippen molar-refractivity contribution in [3.63, 3.8) is 0 Å². The molecule has 0 fully saturated rings. The molecule has 0 bridgehead atoms. The number of hydrogen-bond acceptors (Lipinski definition) is 5. The fourth-order valence-electron chi connectivity index (χ4n) is 1.48. The third kappa shape index (κ3) is 3.56. The molecule has 5 heteroatoms. The highest BCUT2D eigenvalue weighted by atomic mass is 16.5. The van der Waals surface area contributed by atoms with Gasteiger partial charge in [-0.2, -0.15) is 0 Å². The maximum Gasteiger partial charge on any atom is 0.219 e. The minimum Gasteiger partial charge on any atom is -0.493 e. The average molecular weight is 248 g/mol. The Morgan fingerprint density at radius 1 is 1.11 bits per heavy atom. The van der Waals surface area contributed by atoms with Crippen LogP contribution in [0.3, 0.4) is 0 Å². The van der Waals surface area contributed by atoms with Crippen molar-refractivity contribution in [2.24, 2.45) is 0 Å². The molecule has 5 nitrogen and oxygen atoms in total. The van der Waals surface area contributed by atoms with Gasteiger partial charge in [-0.05, 0) is 19.1 Å². The fourth-order valence-corrected chi connectivity index (χ4v) is 1.48. The highest BCUT2D eigenvalue weighted by Crippen LogP contribution is 2.11. The van der Waals surface area contributed by atoms with E-state index >= 15 is 0 Å². The standard InChI is InChI=1S/C13H16N2O3/c1-10-2-4-11(5-3-10)17-9-7-13-15-14-12(18-13)6-8-16/h2-5,16H,6-9H2,1H3. The summed E-state index contributed by atoms with van der Waals surface area (Å²) in [4.78, 5) is 0. The highest BCUT2D eigenvalue weighted by molar-refractivity contribution is 5.26. The van der Waals surface area contributed by atoms with Crippen LogP contribution in [0, 0.1) is 6.92 Å². The van der Waals surface area contributed by atoms with E-state index in [1.54, 1.807) is 0 Å². The molecule has 18 heavy (non-hydrogen) atoms. The Hall–Kier alpha value is -1.88. The van der Waals surface area contributed by atoms with Gasteiger partial charge < -0.3 is 14.3 Å². The van der Waals surface area contributed by atoms with E-state index in [0.717, 1.165) is 5.75 Å². The van der Waals surface area contributed by atoms with Crippen LogP contribution < -0.4 is 4.74 Å². The van der Waals surface area contributed by atoms with E-state index in [1.165, 1.54) is 5.56 Å². The first-order valence-corrected chi connectivity index (χ1v) is 5.89. The van der Waals surface area contributed by atoms with Crippen LogP contribution in [-0.4, -0.2) is 28.5 Å². The molecule has 1 N–H and O–H groups in total. The van der Waals surface area contributed by atoms with Crippen molar-refractivity contribution in [2.45, 2.75) is 19.8 Å². The van der Waals surface area contributed by atoms with Gasteiger partial charge in [-0.25, -0.2) is 0 Å². The molecule has 1 aromatic heterocycles. The van der Waals surface area contributed by atoms with Crippen LogP contribution >= 0.6 is 0 Å². The van der Waals surface area contributed by atoms with E-state index in [0.29, 0.717) is 31.2 Å². The van der Waals surface area contributed by atoms with Crippen molar-refractivity contribution in [1.29, 1.82) is 0 Å². The number of aliphatic hydroxyl groups is 1. The Kier molecular flexibility index (Phi) is 4.30. The van der Waals surface area contributed by atoms with Crippen LogP contribution in [0.2, 0.25) is 0 Å². The lowest BCUT2D eigenvalue weighted by molar-refractivity contribution is 0.278. The molecular formula is C13H16N2O3. The normalized spacial score (nSPS) is 10.6. The van der Waals surface area contributed by atoms with Gasteiger partial charge in [-0.3, -0.25) is 0 Å². The molecule has 0 aliphatic carbocycles. The number of nitrogens with zero attached hydrogens (tertiary/aromatic N) is 2. The number of rotatable bonds is 6. The predicted octanol–water partition coefficient (Wildman–Crippen LogP) is 1.53. The lowest BCUT2D eigenvalue weighted by Gasteiger charge is -2.04. The van der Waals surface area contributed by atoms with E-state index in [9.17, 15) is 0 Å². The largest absolute Gasteiger partial charge is 0.493 e. The van der Waals surface area contributed by atoms with Gasteiger partial charge in [0, 0.05) is 6.42 Å². The van der Waals surface area contributed by atoms with Crippen LogP contribution in [0.25, 0.3) is 0 Å². The summed E-state index contributed by atoms with van der Waals surface area (Å²) in [6.07, 6.45) is 0.956. The Morgan fingerprint density at radius 2 is 1.78 bits per heavy atom. The smallest absolute Gasteiger partial charge is 0.219 e. The van der Waals surface area contributed by atoms with E-state index < -0.39 is 0 Å². The Labute approximate surface area is 105 Å². The zero-order valence-electron chi connectivity index (χ0n) is 10.3. The predicted molar refractivity (Wildman–Crippen MR) is 65.5 cm³/mol. The maximum absolute atomic E-state index is 8.72. The highest BCUT2D eigenvalue weighted by Gasteiger charge is 2.05. The molecular weight excluding hydrogens is 232 g/mol.